The molecule has 3 rings (SSSR count). The minimum Gasteiger partial charge on any atom is -0.481 e. The average molecular weight is 282 g/mol. The Bertz CT molecular complexity index is 771. The lowest BCUT2D eigenvalue weighted by Crippen LogP contribution is -2.45. The molecule has 0 spiro atoms. The van der Waals surface area contributed by atoms with Crippen molar-refractivity contribution >= 4 is 5.97 Å². The Hall–Kier alpha value is -2.47. The predicted molar refractivity (Wildman–Crippen MR) is 71.1 cm³/mol. The maximum Gasteiger partial charge on any atom is 0.316 e. The van der Waals surface area contributed by atoms with Crippen LogP contribution in [0.4, 0.5) is 0 Å². The minimum absolute atomic E-state index is 0.0265. The number of aromatic nitrogens is 2. The number of carbonyl (C=O) groups is 1. The summed E-state index contributed by atoms with van der Waals surface area (Å²) in [7, 11) is 0. The summed E-state index contributed by atoms with van der Waals surface area (Å²) in [5.41, 5.74) is -1.35. The largest absolute Gasteiger partial charge is 0.481 e. The van der Waals surface area contributed by atoms with E-state index >= 15 is 0 Å². The monoisotopic (exact) mass is 282 g/mol. The molecule has 0 saturated heterocycles. The Labute approximate surface area is 122 Å². The number of nitrogens with zero attached hydrogens (tertiary/aromatic N) is 4. The number of fused-ring (bicyclic) bond motifs is 5. The summed E-state index contributed by atoms with van der Waals surface area (Å²) in [5, 5.41) is 28.1. The van der Waals surface area contributed by atoms with E-state index < -0.39 is 22.2 Å². The fourth-order valence-corrected chi connectivity index (χ4v) is 4.11. The quantitative estimate of drug-likeness (QED) is 0.838. The second-order valence-corrected chi connectivity index (χ2v) is 6.51. The smallest absolute Gasteiger partial charge is 0.316 e. The van der Waals surface area contributed by atoms with Gasteiger partial charge in [-0.05, 0) is 18.3 Å². The summed E-state index contributed by atoms with van der Waals surface area (Å²) >= 11 is 0. The molecule has 1 aromatic heterocycles. The molecule has 0 aliphatic heterocycles. The van der Waals surface area contributed by atoms with Crippen molar-refractivity contribution < 1.29 is 9.90 Å². The Morgan fingerprint density at radius 2 is 1.62 bits per heavy atom. The Morgan fingerprint density at radius 1 is 1.10 bits per heavy atom. The maximum absolute atomic E-state index is 12.0. The first kappa shape index (κ1) is 13.5. The first-order chi connectivity index (χ1) is 9.76. The van der Waals surface area contributed by atoms with Gasteiger partial charge in [-0.1, -0.05) is 20.8 Å². The Kier molecular flexibility index (Phi) is 2.31. The third-order valence-corrected chi connectivity index (χ3v) is 5.85. The lowest BCUT2D eigenvalue weighted by molar-refractivity contribution is -0.148. The summed E-state index contributed by atoms with van der Waals surface area (Å²) in [4.78, 5) is 20.6. The number of hydrogen-bond acceptors (Lipinski definition) is 5. The van der Waals surface area contributed by atoms with Crippen molar-refractivity contribution in [1.29, 1.82) is 10.5 Å². The molecule has 21 heavy (non-hydrogen) atoms. The fraction of sp³-hybridized carbons (Fsp3) is 0.533. The molecular formula is C15H14N4O2. The second kappa shape index (κ2) is 3.59. The van der Waals surface area contributed by atoms with Gasteiger partial charge in [-0.25, -0.2) is 9.97 Å². The van der Waals surface area contributed by atoms with Gasteiger partial charge >= 0.3 is 5.97 Å². The molecule has 6 heteroatoms. The van der Waals surface area contributed by atoms with Gasteiger partial charge in [-0.15, -0.1) is 0 Å². The molecule has 2 aliphatic carbocycles. The van der Waals surface area contributed by atoms with E-state index in [1.807, 2.05) is 32.9 Å². The standard InChI is InChI=1S/C15H14N4O2/c1-13(2)14(3)4-5-15(13,12(20)21)11-10(14)18-8(6-16)9(7-17)19-11/h4-5H2,1-3H3,(H,20,21)/t14-,15+/m0/s1. The molecule has 1 saturated carbocycles. The van der Waals surface area contributed by atoms with Gasteiger partial charge in [0.15, 0.2) is 11.4 Å². The topological polar surface area (TPSA) is 111 Å². The number of hydrogen-bond donors (Lipinski definition) is 1. The molecule has 0 radical (unpaired) electrons. The summed E-state index contributed by atoms with van der Waals surface area (Å²) < 4.78 is 0. The van der Waals surface area contributed by atoms with E-state index in [-0.39, 0.29) is 11.4 Å². The zero-order valence-electron chi connectivity index (χ0n) is 12.1. The van der Waals surface area contributed by atoms with E-state index in [1.54, 1.807) is 0 Å². The Balaban J connectivity index is 2.44. The van der Waals surface area contributed by atoms with Crippen LogP contribution in [0.2, 0.25) is 0 Å². The van der Waals surface area contributed by atoms with E-state index in [4.69, 9.17) is 10.5 Å². The highest BCUT2D eigenvalue weighted by Crippen LogP contribution is 2.69. The average Bonchev–Trinajstić information content (AvgIpc) is 2.74. The lowest BCUT2D eigenvalue weighted by Gasteiger charge is -2.37. The third-order valence-electron chi connectivity index (χ3n) is 5.85. The molecule has 2 atom stereocenters. The molecule has 1 aromatic rings. The highest BCUT2D eigenvalue weighted by Gasteiger charge is 2.73. The SMILES string of the molecule is CC1(C)[C@@]2(C)CC[C@]1(C(=O)O)c1nc(C#N)c(C#N)nc12. The van der Waals surface area contributed by atoms with Gasteiger partial charge in [0, 0.05) is 5.41 Å². The number of nitriles is 2. The lowest BCUT2D eigenvalue weighted by atomic mass is 9.64. The Morgan fingerprint density at radius 3 is 2.10 bits per heavy atom. The summed E-state index contributed by atoms with van der Waals surface area (Å²) in [5.74, 6) is -0.933. The summed E-state index contributed by atoms with van der Waals surface area (Å²) in [6, 6.07) is 3.72. The van der Waals surface area contributed by atoms with Crippen molar-refractivity contribution in [2.45, 2.75) is 44.4 Å². The van der Waals surface area contributed by atoms with Crippen molar-refractivity contribution in [1.82, 2.24) is 9.97 Å². The number of carboxylic acids is 1. The van der Waals surface area contributed by atoms with Gasteiger partial charge in [-0.2, -0.15) is 10.5 Å². The van der Waals surface area contributed by atoms with E-state index in [9.17, 15) is 9.90 Å². The van der Waals surface area contributed by atoms with Crippen molar-refractivity contribution in [2.75, 3.05) is 0 Å². The molecule has 106 valence electrons. The third kappa shape index (κ3) is 1.15. The van der Waals surface area contributed by atoms with Crippen LogP contribution in [0.3, 0.4) is 0 Å². The first-order valence-corrected chi connectivity index (χ1v) is 6.73. The van der Waals surface area contributed by atoms with Crippen molar-refractivity contribution in [3.05, 3.63) is 22.8 Å². The number of aliphatic carboxylic acids is 1. The predicted octanol–water partition coefficient (Wildman–Crippen LogP) is 1.63. The van der Waals surface area contributed by atoms with E-state index in [2.05, 4.69) is 9.97 Å². The fourth-order valence-electron chi connectivity index (χ4n) is 4.11. The summed E-state index contributed by atoms with van der Waals surface area (Å²) in [6.07, 6.45) is 1.16. The maximum atomic E-state index is 12.0. The molecule has 0 unspecified atom stereocenters. The molecule has 2 aliphatic rings. The zero-order chi connectivity index (χ0) is 15.6. The zero-order valence-corrected chi connectivity index (χ0v) is 12.1. The normalized spacial score (nSPS) is 31.3. The molecule has 2 bridgehead atoms. The van der Waals surface area contributed by atoms with Gasteiger partial charge in [0.05, 0.1) is 11.4 Å². The van der Waals surface area contributed by atoms with Crippen molar-refractivity contribution in [2.24, 2.45) is 5.41 Å². The highest BCUT2D eigenvalue weighted by atomic mass is 16.4. The van der Waals surface area contributed by atoms with Gasteiger partial charge in [0.25, 0.3) is 0 Å². The van der Waals surface area contributed by atoms with Crippen molar-refractivity contribution in [3.63, 3.8) is 0 Å². The second-order valence-electron chi connectivity index (χ2n) is 6.51. The van der Waals surface area contributed by atoms with Gasteiger partial charge in [-0.3, -0.25) is 4.79 Å². The van der Waals surface area contributed by atoms with Crippen LogP contribution in [0, 0.1) is 28.1 Å². The molecule has 0 aromatic carbocycles. The van der Waals surface area contributed by atoms with Crippen LogP contribution in [0.15, 0.2) is 0 Å². The van der Waals surface area contributed by atoms with Crippen molar-refractivity contribution in [3.8, 4) is 12.1 Å². The van der Waals surface area contributed by atoms with E-state index in [0.29, 0.717) is 24.2 Å². The summed E-state index contributed by atoms with van der Waals surface area (Å²) in [6.45, 7) is 5.80. The minimum atomic E-state index is -1.14. The van der Waals surface area contributed by atoms with E-state index in [0.717, 1.165) is 0 Å². The van der Waals surface area contributed by atoms with Crippen LogP contribution < -0.4 is 0 Å². The highest BCUT2D eigenvalue weighted by molar-refractivity contribution is 5.86. The molecule has 1 heterocycles. The van der Waals surface area contributed by atoms with Crippen LogP contribution in [0.25, 0.3) is 0 Å². The van der Waals surface area contributed by atoms with Crippen LogP contribution in [0.1, 0.15) is 56.4 Å². The molecule has 6 nitrogen and oxygen atoms in total. The van der Waals surface area contributed by atoms with Crippen LogP contribution in [-0.2, 0) is 15.6 Å². The number of carboxylic acid groups (broad SMARTS) is 1. The number of rotatable bonds is 1. The first-order valence-electron chi connectivity index (χ1n) is 6.73. The van der Waals surface area contributed by atoms with Crippen LogP contribution >= 0.6 is 0 Å². The van der Waals surface area contributed by atoms with Crippen LogP contribution in [-0.4, -0.2) is 21.0 Å². The molecule has 0 amide bonds. The molecular weight excluding hydrogens is 268 g/mol. The van der Waals surface area contributed by atoms with Crippen LogP contribution in [0.5, 0.6) is 0 Å². The molecule has 1 N–H and O–H groups in total. The molecule has 1 fully saturated rings. The van der Waals surface area contributed by atoms with Gasteiger partial charge < -0.3 is 5.11 Å². The van der Waals surface area contributed by atoms with Gasteiger partial charge in [0.1, 0.15) is 17.6 Å². The van der Waals surface area contributed by atoms with Gasteiger partial charge in [0.2, 0.25) is 0 Å². The van der Waals surface area contributed by atoms with E-state index in [1.165, 1.54) is 0 Å².